The molecule has 0 bridgehead atoms. The molecule has 0 radical (unpaired) electrons. The molecule has 0 aliphatic carbocycles. The molecule has 0 spiro atoms. The van der Waals surface area contributed by atoms with Gasteiger partial charge in [-0.05, 0) is 19.4 Å². The number of carbonyl (C=O) groups excluding carboxylic acids is 1. The highest BCUT2D eigenvalue weighted by Crippen LogP contribution is 2.28. The molecule has 0 aromatic heterocycles. The Labute approximate surface area is 110 Å². The van der Waals surface area contributed by atoms with Crippen molar-refractivity contribution < 1.29 is 9.53 Å². The summed E-state index contributed by atoms with van der Waals surface area (Å²) < 4.78 is 5.24. The minimum Gasteiger partial charge on any atom is -0.380 e. The third-order valence-corrected chi connectivity index (χ3v) is 3.91. The number of carbonyl (C=O) groups is 1. The standard InChI is InChI=1S/C14H24N2O2/c1-4-7-16-8-5-6-12(16)13(17)15(3)9-14(2)10-18-11-14/h4,12H,1,5-11H2,2-3H3/t12-/m0/s1. The Hall–Kier alpha value is -0.870. The summed E-state index contributed by atoms with van der Waals surface area (Å²) in [6.07, 6.45) is 3.97. The lowest BCUT2D eigenvalue weighted by atomic mass is 9.88. The maximum atomic E-state index is 12.5. The van der Waals surface area contributed by atoms with E-state index in [4.69, 9.17) is 4.74 Å². The first-order chi connectivity index (χ1) is 8.56. The van der Waals surface area contributed by atoms with Crippen LogP contribution in [0.4, 0.5) is 0 Å². The molecule has 2 aliphatic rings. The fourth-order valence-corrected chi connectivity index (χ4v) is 2.94. The summed E-state index contributed by atoms with van der Waals surface area (Å²) in [5, 5.41) is 0. The number of amides is 1. The Balaban J connectivity index is 1.91. The number of rotatable bonds is 5. The fourth-order valence-electron chi connectivity index (χ4n) is 2.94. The van der Waals surface area contributed by atoms with Crippen LogP contribution in [0.2, 0.25) is 0 Å². The Morgan fingerprint density at radius 3 is 2.89 bits per heavy atom. The number of hydrogen-bond donors (Lipinski definition) is 0. The van der Waals surface area contributed by atoms with Gasteiger partial charge in [-0.3, -0.25) is 9.69 Å². The smallest absolute Gasteiger partial charge is 0.239 e. The van der Waals surface area contributed by atoms with Gasteiger partial charge < -0.3 is 9.64 Å². The second-order valence-electron chi connectivity index (χ2n) is 5.94. The molecule has 0 saturated carbocycles. The second-order valence-corrected chi connectivity index (χ2v) is 5.94. The van der Waals surface area contributed by atoms with Crippen molar-refractivity contribution in [2.24, 2.45) is 5.41 Å². The first-order valence-electron chi connectivity index (χ1n) is 6.73. The molecule has 0 N–H and O–H groups in total. The van der Waals surface area contributed by atoms with Crippen molar-refractivity contribution in [1.29, 1.82) is 0 Å². The summed E-state index contributed by atoms with van der Waals surface area (Å²) in [4.78, 5) is 16.6. The summed E-state index contributed by atoms with van der Waals surface area (Å²) in [6.45, 7) is 10.1. The van der Waals surface area contributed by atoms with E-state index in [1.165, 1.54) is 0 Å². The van der Waals surface area contributed by atoms with Gasteiger partial charge in [-0.1, -0.05) is 13.0 Å². The number of ether oxygens (including phenoxy) is 1. The zero-order chi connectivity index (χ0) is 13.2. The van der Waals surface area contributed by atoms with Crippen LogP contribution in [0.15, 0.2) is 12.7 Å². The van der Waals surface area contributed by atoms with Gasteiger partial charge in [-0.15, -0.1) is 6.58 Å². The molecule has 0 unspecified atom stereocenters. The van der Waals surface area contributed by atoms with Crippen molar-refractivity contribution in [3.63, 3.8) is 0 Å². The molecular weight excluding hydrogens is 228 g/mol. The van der Waals surface area contributed by atoms with E-state index in [9.17, 15) is 4.79 Å². The Kier molecular flexibility index (Phi) is 4.07. The van der Waals surface area contributed by atoms with Crippen molar-refractivity contribution in [3.05, 3.63) is 12.7 Å². The van der Waals surface area contributed by atoms with Crippen LogP contribution in [0.25, 0.3) is 0 Å². The molecule has 4 nitrogen and oxygen atoms in total. The van der Waals surface area contributed by atoms with Crippen LogP contribution in [0.5, 0.6) is 0 Å². The average molecular weight is 252 g/mol. The lowest BCUT2D eigenvalue weighted by molar-refractivity contribution is -0.145. The quantitative estimate of drug-likeness (QED) is 0.688. The van der Waals surface area contributed by atoms with Crippen LogP contribution in [0, 0.1) is 5.41 Å². The van der Waals surface area contributed by atoms with E-state index in [1.54, 1.807) is 0 Å². The summed E-state index contributed by atoms with van der Waals surface area (Å²) in [6, 6.07) is 0.0533. The molecule has 0 aromatic carbocycles. The van der Waals surface area contributed by atoms with Gasteiger partial charge in [0.05, 0.1) is 19.3 Å². The van der Waals surface area contributed by atoms with Crippen LogP contribution in [-0.4, -0.2) is 61.6 Å². The van der Waals surface area contributed by atoms with Gasteiger partial charge in [-0.2, -0.15) is 0 Å². The van der Waals surface area contributed by atoms with Gasteiger partial charge in [-0.25, -0.2) is 0 Å². The summed E-state index contributed by atoms with van der Waals surface area (Å²) in [7, 11) is 1.91. The normalized spacial score (nSPS) is 26.7. The van der Waals surface area contributed by atoms with E-state index >= 15 is 0 Å². The van der Waals surface area contributed by atoms with Crippen LogP contribution in [0.3, 0.4) is 0 Å². The second kappa shape index (κ2) is 5.41. The highest BCUT2D eigenvalue weighted by molar-refractivity contribution is 5.82. The Morgan fingerprint density at radius 1 is 1.61 bits per heavy atom. The van der Waals surface area contributed by atoms with Gasteiger partial charge in [0, 0.05) is 25.6 Å². The molecule has 1 amide bonds. The average Bonchev–Trinajstić information content (AvgIpc) is 2.74. The van der Waals surface area contributed by atoms with Gasteiger partial charge in [0.2, 0.25) is 5.91 Å². The van der Waals surface area contributed by atoms with E-state index in [0.29, 0.717) is 0 Å². The fraction of sp³-hybridized carbons (Fsp3) is 0.786. The summed E-state index contributed by atoms with van der Waals surface area (Å²) in [5.74, 6) is 0.252. The maximum absolute atomic E-state index is 12.5. The van der Waals surface area contributed by atoms with E-state index in [2.05, 4.69) is 18.4 Å². The molecule has 2 heterocycles. The molecule has 1 atom stereocenters. The first kappa shape index (κ1) is 13.6. The van der Waals surface area contributed by atoms with Gasteiger partial charge >= 0.3 is 0 Å². The number of likely N-dealkylation sites (tertiary alicyclic amines) is 1. The highest BCUT2D eigenvalue weighted by atomic mass is 16.5. The van der Waals surface area contributed by atoms with Crippen LogP contribution >= 0.6 is 0 Å². The van der Waals surface area contributed by atoms with Crippen molar-refractivity contribution in [3.8, 4) is 0 Å². The van der Waals surface area contributed by atoms with E-state index in [-0.39, 0.29) is 17.4 Å². The molecule has 2 aliphatic heterocycles. The van der Waals surface area contributed by atoms with Crippen molar-refractivity contribution in [1.82, 2.24) is 9.80 Å². The molecule has 18 heavy (non-hydrogen) atoms. The minimum absolute atomic E-state index is 0.0533. The zero-order valence-corrected chi connectivity index (χ0v) is 11.5. The minimum atomic E-state index is 0.0533. The lowest BCUT2D eigenvalue weighted by Crippen LogP contribution is -2.52. The zero-order valence-electron chi connectivity index (χ0n) is 11.5. The van der Waals surface area contributed by atoms with Crippen molar-refractivity contribution >= 4 is 5.91 Å². The third kappa shape index (κ3) is 2.75. The number of nitrogens with zero attached hydrogens (tertiary/aromatic N) is 2. The van der Waals surface area contributed by atoms with Crippen LogP contribution in [-0.2, 0) is 9.53 Å². The number of hydrogen-bond acceptors (Lipinski definition) is 3. The third-order valence-electron chi connectivity index (χ3n) is 3.91. The molecule has 102 valence electrons. The highest BCUT2D eigenvalue weighted by Gasteiger charge is 2.38. The van der Waals surface area contributed by atoms with E-state index in [1.807, 2.05) is 18.0 Å². The molecule has 2 saturated heterocycles. The van der Waals surface area contributed by atoms with Crippen LogP contribution < -0.4 is 0 Å². The molecule has 2 rings (SSSR count). The number of likely N-dealkylation sites (N-methyl/N-ethyl adjacent to an activating group) is 1. The summed E-state index contributed by atoms with van der Waals surface area (Å²) >= 11 is 0. The SMILES string of the molecule is C=CCN1CCC[C@H]1C(=O)N(C)CC1(C)COC1. The first-order valence-corrected chi connectivity index (χ1v) is 6.73. The molecule has 4 heteroatoms. The largest absolute Gasteiger partial charge is 0.380 e. The summed E-state index contributed by atoms with van der Waals surface area (Å²) in [5.41, 5.74) is 0.159. The van der Waals surface area contributed by atoms with E-state index < -0.39 is 0 Å². The molecule has 0 aromatic rings. The van der Waals surface area contributed by atoms with Crippen molar-refractivity contribution in [2.75, 3.05) is 39.9 Å². The monoisotopic (exact) mass is 252 g/mol. The Morgan fingerprint density at radius 2 is 2.33 bits per heavy atom. The van der Waals surface area contributed by atoms with Gasteiger partial charge in [0.1, 0.15) is 0 Å². The van der Waals surface area contributed by atoms with E-state index in [0.717, 1.165) is 45.7 Å². The predicted molar refractivity (Wildman–Crippen MR) is 71.4 cm³/mol. The molecule has 2 fully saturated rings. The van der Waals surface area contributed by atoms with Crippen LogP contribution in [0.1, 0.15) is 19.8 Å². The topological polar surface area (TPSA) is 32.8 Å². The van der Waals surface area contributed by atoms with Crippen molar-refractivity contribution in [2.45, 2.75) is 25.8 Å². The maximum Gasteiger partial charge on any atom is 0.239 e. The Bertz CT molecular complexity index is 326. The van der Waals surface area contributed by atoms with Gasteiger partial charge in [0.25, 0.3) is 0 Å². The lowest BCUT2D eigenvalue weighted by Gasteiger charge is -2.41. The van der Waals surface area contributed by atoms with Gasteiger partial charge in [0.15, 0.2) is 0 Å². The molecular formula is C14H24N2O2. The predicted octanol–water partition coefficient (Wildman–Crippen LogP) is 1.13.